The normalized spacial score (nSPS) is 16.3. The highest BCUT2D eigenvalue weighted by Crippen LogP contribution is 2.28. The molecule has 1 aromatic heterocycles. The Morgan fingerprint density at radius 3 is 2.55 bits per heavy atom. The summed E-state index contributed by atoms with van der Waals surface area (Å²) in [5, 5.41) is 4.18. The molecule has 0 bridgehead atoms. The average Bonchev–Trinajstić information content (AvgIpc) is 3.30. The van der Waals surface area contributed by atoms with Crippen molar-refractivity contribution in [1.29, 1.82) is 0 Å². The minimum absolute atomic E-state index is 0.0607. The summed E-state index contributed by atoms with van der Waals surface area (Å²) in [6.45, 7) is 7.61. The Hall–Kier alpha value is -2.89. The molecule has 0 N–H and O–H groups in total. The van der Waals surface area contributed by atoms with E-state index in [1.54, 1.807) is 10.9 Å². The van der Waals surface area contributed by atoms with Gasteiger partial charge in [-0.15, -0.1) is 0 Å². The molecule has 1 aliphatic rings. The molecule has 1 saturated heterocycles. The molecule has 2 amide bonds. The van der Waals surface area contributed by atoms with Gasteiger partial charge in [0.05, 0.1) is 0 Å². The summed E-state index contributed by atoms with van der Waals surface area (Å²) in [5.74, 6) is 0.534. The van der Waals surface area contributed by atoms with E-state index >= 15 is 0 Å². The lowest BCUT2D eigenvalue weighted by molar-refractivity contribution is -0.135. The Morgan fingerprint density at radius 2 is 1.94 bits per heavy atom. The molecular formula is C25H34N4O2. The molecule has 1 atom stereocenters. The monoisotopic (exact) mass is 422 g/mol. The zero-order valence-corrected chi connectivity index (χ0v) is 19.1. The minimum atomic E-state index is 0.0607. The summed E-state index contributed by atoms with van der Waals surface area (Å²) >= 11 is 0. The quantitative estimate of drug-likeness (QED) is 0.642. The molecule has 0 saturated carbocycles. The van der Waals surface area contributed by atoms with Crippen molar-refractivity contribution in [3.63, 3.8) is 0 Å². The van der Waals surface area contributed by atoms with Crippen LogP contribution < -0.4 is 0 Å². The van der Waals surface area contributed by atoms with Crippen molar-refractivity contribution >= 4 is 11.8 Å². The Morgan fingerprint density at radius 1 is 1.23 bits per heavy atom. The molecule has 1 aliphatic heterocycles. The summed E-state index contributed by atoms with van der Waals surface area (Å²) in [6, 6.07) is 10.3. The van der Waals surface area contributed by atoms with Gasteiger partial charge < -0.3 is 9.80 Å². The van der Waals surface area contributed by atoms with E-state index < -0.39 is 0 Å². The van der Waals surface area contributed by atoms with Crippen molar-refractivity contribution in [2.24, 2.45) is 5.92 Å². The average molecular weight is 423 g/mol. The van der Waals surface area contributed by atoms with Crippen molar-refractivity contribution in [1.82, 2.24) is 19.6 Å². The van der Waals surface area contributed by atoms with Crippen LogP contribution in [0.3, 0.4) is 0 Å². The number of aromatic nitrogens is 2. The van der Waals surface area contributed by atoms with Gasteiger partial charge in [-0.25, -0.2) is 0 Å². The molecule has 2 heterocycles. The number of hydrogen-bond donors (Lipinski definition) is 0. The molecule has 0 spiro atoms. The van der Waals surface area contributed by atoms with Crippen molar-refractivity contribution < 1.29 is 9.59 Å². The number of nitrogens with zero attached hydrogens (tertiary/aromatic N) is 4. The van der Waals surface area contributed by atoms with E-state index in [9.17, 15) is 9.59 Å². The summed E-state index contributed by atoms with van der Waals surface area (Å²) in [6.07, 6.45) is 8.00. The van der Waals surface area contributed by atoms with Crippen LogP contribution in [0.5, 0.6) is 0 Å². The van der Waals surface area contributed by atoms with E-state index in [1.807, 2.05) is 55.1 Å². The SMILES string of the molecule is CC=C(C)C(=O)N1CCC(C(Cc2ccccc2C)N(C)C(=O)Cn2cccn2)CC1. The van der Waals surface area contributed by atoms with Crippen LogP contribution >= 0.6 is 0 Å². The van der Waals surface area contributed by atoms with Gasteiger partial charge >= 0.3 is 0 Å². The van der Waals surface area contributed by atoms with Gasteiger partial charge in [0.2, 0.25) is 11.8 Å². The largest absolute Gasteiger partial charge is 0.341 e. The van der Waals surface area contributed by atoms with E-state index in [-0.39, 0.29) is 24.4 Å². The molecule has 2 aromatic rings. The number of carbonyl (C=O) groups is 2. The zero-order chi connectivity index (χ0) is 22.4. The van der Waals surface area contributed by atoms with Gasteiger partial charge in [0.15, 0.2) is 0 Å². The second kappa shape index (κ2) is 10.4. The van der Waals surface area contributed by atoms with E-state index in [2.05, 4.69) is 30.2 Å². The van der Waals surface area contributed by atoms with Crippen LogP contribution in [0.2, 0.25) is 0 Å². The molecule has 1 aromatic carbocycles. The standard InChI is InChI=1S/C25H34N4O2/c1-5-19(2)25(31)28-15-11-21(12-16-28)23(17-22-10-7-6-9-20(22)3)27(4)24(30)18-29-14-8-13-26-29/h5-10,13-14,21,23H,11-12,15-18H2,1-4H3. The number of allylic oxidation sites excluding steroid dienone is 1. The second-order valence-electron chi connectivity index (χ2n) is 8.51. The summed E-state index contributed by atoms with van der Waals surface area (Å²) in [5.41, 5.74) is 3.31. The van der Waals surface area contributed by atoms with Crippen molar-refractivity contribution in [3.05, 3.63) is 65.5 Å². The van der Waals surface area contributed by atoms with Crippen molar-refractivity contribution in [2.45, 2.75) is 52.6 Å². The fourth-order valence-corrected chi connectivity index (χ4v) is 4.37. The smallest absolute Gasteiger partial charge is 0.249 e. The van der Waals surface area contributed by atoms with E-state index in [4.69, 9.17) is 0 Å². The van der Waals surface area contributed by atoms with E-state index in [0.717, 1.165) is 37.9 Å². The highest BCUT2D eigenvalue weighted by Gasteiger charge is 2.33. The third-order valence-electron chi connectivity index (χ3n) is 6.58. The summed E-state index contributed by atoms with van der Waals surface area (Å²) in [4.78, 5) is 29.5. The lowest BCUT2D eigenvalue weighted by atomic mass is 9.84. The summed E-state index contributed by atoms with van der Waals surface area (Å²) < 4.78 is 1.67. The number of likely N-dealkylation sites (N-methyl/N-ethyl adjacent to an activating group) is 1. The molecule has 6 heteroatoms. The lowest BCUT2D eigenvalue weighted by Gasteiger charge is -2.40. The first kappa shape index (κ1) is 22.8. The Balaban J connectivity index is 1.75. The predicted octanol–water partition coefficient (Wildman–Crippen LogP) is 3.47. The van der Waals surface area contributed by atoms with Gasteiger partial charge in [0.1, 0.15) is 6.54 Å². The fourth-order valence-electron chi connectivity index (χ4n) is 4.37. The minimum Gasteiger partial charge on any atom is -0.341 e. The molecular weight excluding hydrogens is 388 g/mol. The van der Waals surface area contributed by atoms with Gasteiger partial charge in [-0.3, -0.25) is 14.3 Å². The van der Waals surface area contributed by atoms with Gasteiger partial charge in [-0.05, 0) is 63.1 Å². The third-order valence-corrected chi connectivity index (χ3v) is 6.58. The van der Waals surface area contributed by atoms with Crippen LogP contribution in [0.15, 0.2) is 54.4 Å². The number of aryl methyl sites for hydroxylation is 1. The van der Waals surface area contributed by atoms with E-state index in [0.29, 0.717) is 5.92 Å². The molecule has 0 aliphatic carbocycles. The number of rotatable bonds is 7. The van der Waals surface area contributed by atoms with Crippen LogP contribution in [-0.4, -0.2) is 57.6 Å². The van der Waals surface area contributed by atoms with Gasteiger partial charge in [-0.1, -0.05) is 30.3 Å². The van der Waals surface area contributed by atoms with Crippen LogP contribution in [0.25, 0.3) is 0 Å². The first-order valence-corrected chi connectivity index (χ1v) is 11.1. The number of carbonyl (C=O) groups excluding carboxylic acids is 2. The number of benzene rings is 1. The topological polar surface area (TPSA) is 58.4 Å². The molecule has 3 rings (SSSR count). The van der Waals surface area contributed by atoms with Crippen LogP contribution in [-0.2, 0) is 22.6 Å². The first-order chi connectivity index (χ1) is 14.9. The van der Waals surface area contributed by atoms with E-state index in [1.165, 1.54) is 11.1 Å². The lowest BCUT2D eigenvalue weighted by Crippen LogP contribution is -2.49. The maximum atomic E-state index is 13.1. The first-order valence-electron chi connectivity index (χ1n) is 11.1. The third kappa shape index (κ3) is 5.63. The van der Waals surface area contributed by atoms with Gasteiger partial charge in [0, 0.05) is 44.1 Å². The molecule has 166 valence electrons. The van der Waals surface area contributed by atoms with Gasteiger partial charge in [0.25, 0.3) is 0 Å². The maximum Gasteiger partial charge on any atom is 0.249 e. The highest BCUT2D eigenvalue weighted by atomic mass is 16.2. The molecule has 1 unspecified atom stereocenters. The number of piperidine rings is 1. The molecule has 6 nitrogen and oxygen atoms in total. The van der Waals surface area contributed by atoms with Crippen molar-refractivity contribution in [2.75, 3.05) is 20.1 Å². The van der Waals surface area contributed by atoms with Crippen molar-refractivity contribution in [3.8, 4) is 0 Å². The Bertz CT molecular complexity index is 911. The van der Waals surface area contributed by atoms with Crippen LogP contribution in [0.4, 0.5) is 0 Å². The van der Waals surface area contributed by atoms with Crippen LogP contribution in [0, 0.1) is 12.8 Å². The van der Waals surface area contributed by atoms with Crippen LogP contribution in [0.1, 0.15) is 37.8 Å². The highest BCUT2D eigenvalue weighted by molar-refractivity contribution is 5.92. The molecule has 1 fully saturated rings. The number of likely N-dealkylation sites (tertiary alicyclic amines) is 1. The zero-order valence-electron chi connectivity index (χ0n) is 19.1. The number of amides is 2. The maximum absolute atomic E-state index is 13.1. The Labute approximate surface area is 185 Å². The Kier molecular flexibility index (Phi) is 7.66. The predicted molar refractivity (Wildman–Crippen MR) is 122 cm³/mol. The fraction of sp³-hybridized carbons (Fsp3) is 0.480. The van der Waals surface area contributed by atoms with Gasteiger partial charge in [-0.2, -0.15) is 5.10 Å². The molecule has 31 heavy (non-hydrogen) atoms. The second-order valence-corrected chi connectivity index (χ2v) is 8.51. The number of hydrogen-bond acceptors (Lipinski definition) is 3. The summed E-state index contributed by atoms with van der Waals surface area (Å²) in [7, 11) is 1.91. The molecule has 0 radical (unpaired) electrons.